The van der Waals surface area contributed by atoms with Gasteiger partial charge in [-0.1, -0.05) is 218 Å². The number of thiophene rings is 1. The average Bonchev–Trinajstić information content (AvgIpc) is 3.82. The van der Waals surface area contributed by atoms with Crippen LogP contribution in [0.15, 0.2) is 237 Å². The van der Waals surface area contributed by atoms with Crippen molar-refractivity contribution in [3.05, 3.63) is 237 Å². The van der Waals surface area contributed by atoms with Crippen LogP contribution in [0.4, 0.5) is 0 Å². The number of hydrogen-bond donors (Lipinski definition) is 0. The van der Waals surface area contributed by atoms with Crippen molar-refractivity contribution in [2.45, 2.75) is 0 Å². The van der Waals surface area contributed by atoms with E-state index in [0.29, 0.717) is 17.5 Å². The van der Waals surface area contributed by atoms with Crippen molar-refractivity contribution >= 4 is 21.4 Å². The van der Waals surface area contributed by atoms with Crippen molar-refractivity contribution in [2.75, 3.05) is 0 Å². The number of benzene rings is 9. The molecular formula is C59H39N3S. The number of rotatable bonds is 9. The molecule has 2 aromatic heterocycles. The van der Waals surface area contributed by atoms with Crippen LogP contribution in [-0.4, -0.2) is 15.0 Å². The first-order valence-electron chi connectivity index (χ1n) is 21.2. The van der Waals surface area contributed by atoms with E-state index in [4.69, 9.17) is 15.0 Å². The molecule has 0 aliphatic heterocycles. The molecule has 11 rings (SSSR count). The molecule has 0 aliphatic carbocycles. The zero-order valence-corrected chi connectivity index (χ0v) is 35.1. The fraction of sp³-hybridized carbons (Fsp3) is 0. The number of hydrogen-bond acceptors (Lipinski definition) is 4. The van der Waals surface area contributed by atoms with E-state index >= 15 is 0 Å². The first-order chi connectivity index (χ1) is 31.2. The maximum Gasteiger partial charge on any atom is 0.174 e. The summed E-state index contributed by atoms with van der Waals surface area (Å²) in [7, 11) is 0. The molecule has 0 unspecified atom stereocenters. The van der Waals surface area contributed by atoms with Crippen molar-refractivity contribution < 1.29 is 0 Å². The van der Waals surface area contributed by atoms with E-state index in [9.17, 15) is 0 Å². The molecule has 3 nitrogen and oxygen atoms in total. The molecule has 0 aliphatic rings. The van der Waals surface area contributed by atoms with Crippen LogP contribution in [-0.2, 0) is 0 Å². The molecule has 0 radical (unpaired) electrons. The lowest BCUT2D eigenvalue weighted by Gasteiger charge is -2.24. The third kappa shape index (κ3) is 7.43. The smallest absolute Gasteiger partial charge is 0.174 e. The van der Waals surface area contributed by atoms with Gasteiger partial charge in [-0.2, -0.15) is 0 Å². The molecule has 0 atom stereocenters. The van der Waals surface area contributed by atoms with Gasteiger partial charge in [-0.3, -0.25) is 0 Å². The van der Waals surface area contributed by atoms with Gasteiger partial charge in [-0.05, 0) is 90.3 Å². The Morgan fingerprint density at radius 1 is 0.254 bits per heavy atom. The highest BCUT2D eigenvalue weighted by molar-refractivity contribution is 7.22. The first kappa shape index (κ1) is 37.9. The largest absolute Gasteiger partial charge is 0.208 e. The number of fused-ring (bicyclic) bond motifs is 1. The summed E-state index contributed by atoms with van der Waals surface area (Å²) in [5, 5.41) is 1.17. The second-order valence-electron chi connectivity index (χ2n) is 15.5. The van der Waals surface area contributed by atoms with Gasteiger partial charge in [0.1, 0.15) is 0 Å². The Bertz CT molecular complexity index is 3310. The normalized spacial score (nSPS) is 11.2. The molecular weight excluding hydrogens is 783 g/mol. The predicted octanol–water partition coefficient (Wildman–Crippen LogP) is 16.1. The van der Waals surface area contributed by atoms with Gasteiger partial charge in [0.2, 0.25) is 0 Å². The predicted molar refractivity (Wildman–Crippen MR) is 264 cm³/mol. The summed E-state index contributed by atoms with van der Waals surface area (Å²) in [6.45, 7) is 0. The number of aromatic nitrogens is 3. The van der Waals surface area contributed by atoms with Crippen molar-refractivity contribution in [3.8, 4) is 100 Å². The zero-order chi connectivity index (χ0) is 42.0. The SMILES string of the molecule is c1ccc(-c2ccccc2-c2nc(-c3ccc(-c4cc(-c5ccccc5)c(-c5ccccc5)c(-c5ccccc5)c4-c4ccccc4)cc3)nc(-c3cc4ccccc4s3)n2)cc1. The fourth-order valence-corrected chi connectivity index (χ4v) is 9.63. The lowest BCUT2D eigenvalue weighted by atomic mass is 9.79. The third-order valence-electron chi connectivity index (χ3n) is 11.6. The van der Waals surface area contributed by atoms with Crippen LogP contribution in [0.5, 0.6) is 0 Å². The Morgan fingerprint density at radius 2 is 0.651 bits per heavy atom. The van der Waals surface area contributed by atoms with Gasteiger partial charge >= 0.3 is 0 Å². The quantitative estimate of drug-likeness (QED) is 0.146. The first-order valence-corrected chi connectivity index (χ1v) is 22.0. The monoisotopic (exact) mass is 821 g/mol. The van der Waals surface area contributed by atoms with Crippen molar-refractivity contribution in [1.29, 1.82) is 0 Å². The van der Waals surface area contributed by atoms with E-state index in [2.05, 4.69) is 231 Å². The Kier molecular flexibility index (Phi) is 10.1. The van der Waals surface area contributed by atoms with Gasteiger partial charge in [0.15, 0.2) is 17.5 Å². The second-order valence-corrected chi connectivity index (χ2v) is 16.6. The summed E-state index contributed by atoms with van der Waals surface area (Å²) < 4.78 is 1.20. The molecule has 0 saturated heterocycles. The molecule has 9 aromatic carbocycles. The van der Waals surface area contributed by atoms with Crippen molar-refractivity contribution in [1.82, 2.24) is 15.0 Å². The summed E-state index contributed by atoms with van der Waals surface area (Å²) in [4.78, 5) is 16.6. The molecule has 0 N–H and O–H groups in total. The third-order valence-corrected chi connectivity index (χ3v) is 12.7. The highest BCUT2D eigenvalue weighted by Crippen LogP contribution is 2.50. The van der Waals surface area contributed by atoms with Crippen LogP contribution >= 0.6 is 11.3 Å². The maximum absolute atomic E-state index is 5.24. The summed E-state index contributed by atoms with van der Waals surface area (Å²) in [5.41, 5.74) is 15.7. The molecule has 0 bridgehead atoms. The minimum Gasteiger partial charge on any atom is -0.208 e. The summed E-state index contributed by atoms with van der Waals surface area (Å²) in [6, 6.07) is 83.8. The lowest BCUT2D eigenvalue weighted by molar-refractivity contribution is 1.08. The van der Waals surface area contributed by atoms with Crippen LogP contribution < -0.4 is 0 Å². The van der Waals surface area contributed by atoms with Crippen molar-refractivity contribution in [2.24, 2.45) is 0 Å². The van der Waals surface area contributed by atoms with E-state index in [0.717, 1.165) is 54.9 Å². The minimum absolute atomic E-state index is 0.625. The van der Waals surface area contributed by atoms with Crippen LogP contribution in [0.25, 0.3) is 110 Å². The Labute approximate surface area is 371 Å². The van der Waals surface area contributed by atoms with Gasteiger partial charge in [0.05, 0.1) is 4.88 Å². The highest BCUT2D eigenvalue weighted by Gasteiger charge is 2.24. The van der Waals surface area contributed by atoms with E-state index in [1.54, 1.807) is 11.3 Å². The molecule has 63 heavy (non-hydrogen) atoms. The lowest BCUT2D eigenvalue weighted by Crippen LogP contribution is -2.00. The maximum atomic E-state index is 5.24. The molecule has 11 aromatic rings. The van der Waals surface area contributed by atoms with Gasteiger partial charge in [-0.25, -0.2) is 15.0 Å². The van der Waals surface area contributed by atoms with E-state index < -0.39 is 0 Å². The van der Waals surface area contributed by atoms with Gasteiger partial charge in [0.25, 0.3) is 0 Å². The standard InChI is InChI=1S/C59H39N3S/c1-6-20-40(21-7-1)48-31-17-18-32-49(48)58-60-57(61-59(62-58)53-38-47-30-16-19-33-52(47)63-53)46-36-34-42(35-37-46)51-39-50(41-22-8-2-9-23-41)54(43-24-10-3-11-25-43)56(45-28-14-5-15-29-45)55(51)44-26-12-4-13-27-44/h1-39H. The molecule has 0 fully saturated rings. The Balaban J connectivity index is 1.13. The molecule has 0 saturated carbocycles. The highest BCUT2D eigenvalue weighted by atomic mass is 32.1. The summed E-state index contributed by atoms with van der Waals surface area (Å²) in [6.07, 6.45) is 0. The van der Waals surface area contributed by atoms with Crippen LogP contribution in [0, 0.1) is 0 Å². The molecule has 2 heterocycles. The van der Waals surface area contributed by atoms with Gasteiger partial charge in [0, 0.05) is 15.8 Å². The zero-order valence-electron chi connectivity index (χ0n) is 34.3. The molecule has 0 amide bonds. The molecule has 296 valence electrons. The van der Waals surface area contributed by atoms with E-state index in [-0.39, 0.29) is 0 Å². The molecule has 0 spiro atoms. The van der Waals surface area contributed by atoms with Gasteiger partial charge < -0.3 is 0 Å². The average molecular weight is 822 g/mol. The fourth-order valence-electron chi connectivity index (χ4n) is 8.63. The topological polar surface area (TPSA) is 38.7 Å². The van der Waals surface area contributed by atoms with Crippen molar-refractivity contribution in [3.63, 3.8) is 0 Å². The molecule has 4 heteroatoms. The van der Waals surface area contributed by atoms with E-state index in [1.165, 1.54) is 37.9 Å². The van der Waals surface area contributed by atoms with Crippen LogP contribution in [0.1, 0.15) is 0 Å². The number of nitrogens with zero attached hydrogens (tertiary/aromatic N) is 3. The van der Waals surface area contributed by atoms with Crippen LogP contribution in [0.2, 0.25) is 0 Å². The summed E-state index contributed by atoms with van der Waals surface area (Å²) >= 11 is 1.70. The Morgan fingerprint density at radius 3 is 1.21 bits per heavy atom. The Hall–Kier alpha value is -8.05. The summed E-state index contributed by atoms with van der Waals surface area (Å²) in [5.74, 6) is 1.92. The van der Waals surface area contributed by atoms with Gasteiger partial charge in [-0.15, -0.1) is 11.3 Å². The second kappa shape index (κ2) is 16.8. The van der Waals surface area contributed by atoms with E-state index in [1.807, 2.05) is 6.07 Å². The minimum atomic E-state index is 0.625. The van der Waals surface area contributed by atoms with Crippen LogP contribution in [0.3, 0.4) is 0 Å².